The summed E-state index contributed by atoms with van der Waals surface area (Å²) in [7, 11) is 0. The Morgan fingerprint density at radius 1 is 1.42 bits per heavy atom. The van der Waals surface area contributed by atoms with E-state index in [0.29, 0.717) is 12.6 Å². The molecular formula is C19H30N2O2S. The highest BCUT2D eigenvalue weighted by Crippen LogP contribution is 2.33. The maximum atomic E-state index is 12.5. The first kappa shape index (κ1) is 19.1. The Morgan fingerprint density at radius 3 is 2.83 bits per heavy atom. The van der Waals surface area contributed by atoms with Crippen LogP contribution in [0.1, 0.15) is 45.7 Å². The summed E-state index contributed by atoms with van der Waals surface area (Å²) in [5.41, 5.74) is 2.97. The summed E-state index contributed by atoms with van der Waals surface area (Å²) in [5.74, 6) is 2.24. The molecule has 0 spiro atoms. The third-order valence-electron chi connectivity index (χ3n) is 3.90. The van der Waals surface area contributed by atoms with Gasteiger partial charge in [-0.2, -0.15) is 11.8 Å². The van der Waals surface area contributed by atoms with Gasteiger partial charge in [-0.25, -0.2) is 4.79 Å². The molecule has 1 aromatic carbocycles. The van der Waals surface area contributed by atoms with Crippen LogP contribution in [-0.2, 0) is 17.7 Å². The standard InChI is InChI=1S/C19H30N2O2S/c1-6-24-13-14(2)20-12-16-9-7-8-15-10-11-21(17(15)16)18(22)23-19(3,4)5/h7-9,14,20H,6,10-13H2,1-5H3. The molecule has 0 saturated carbocycles. The van der Waals surface area contributed by atoms with Gasteiger partial charge >= 0.3 is 6.09 Å². The van der Waals surface area contributed by atoms with Crippen molar-refractivity contribution in [2.24, 2.45) is 0 Å². The maximum Gasteiger partial charge on any atom is 0.414 e. The number of ether oxygens (including phenoxy) is 1. The van der Waals surface area contributed by atoms with Crippen LogP contribution < -0.4 is 10.2 Å². The normalized spacial score (nSPS) is 15.3. The number of para-hydroxylation sites is 1. The lowest BCUT2D eigenvalue weighted by Gasteiger charge is -2.26. The smallest absolute Gasteiger partial charge is 0.414 e. The lowest BCUT2D eigenvalue weighted by Crippen LogP contribution is -2.36. The SMILES string of the molecule is CCSCC(C)NCc1cccc2c1N(C(=O)OC(C)(C)C)CC2. The van der Waals surface area contributed by atoms with Crippen LogP contribution >= 0.6 is 11.8 Å². The van der Waals surface area contributed by atoms with Crippen molar-refractivity contribution in [1.29, 1.82) is 0 Å². The van der Waals surface area contributed by atoms with E-state index in [1.807, 2.05) is 32.5 Å². The number of hydrogen-bond donors (Lipinski definition) is 1. The first-order valence-corrected chi connectivity index (χ1v) is 9.89. The fourth-order valence-corrected chi connectivity index (χ4v) is 3.52. The van der Waals surface area contributed by atoms with E-state index in [2.05, 4.69) is 37.4 Å². The number of benzene rings is 1. The van der Waals surface area contributed by atoms with Crippen molar-refractivity contribution in [2.45, 2.75) is 59.2 Å². The van der Waals surface area contributed by atoms with Gasteiger partial charge < -0.3 is 10.1 Å². The Hall–Kier alpha value is -1.20. The molecule has 1 unspecified atom stereocenters. The molecule has 24 heavy (non-hydrogen) atoms. The van der Waals surface area contributed by atoms with Gasteiger partial charge in [-0.05, 0) is 51.0 Å². The van der Waals surface area contributed by atoms with E-state index in [4.69, 9.17) is 4.74 Å². The molecule has 0 fully saturated rings. The van der Waals surface area contributed by atoms with E-state index < -0.39 is 5.60 Å². The average Bonchev–Trinajstić information content (AvgIpc) is 2.94. The number of rotatable bonds is 6. The molecule has 4 nitrogen and oxygen atoms in total. The highest BCUT2D eigenvalue weighted by molar-refractivity contribution is 7.99. The fraction of sp³-hybridized carbons (Fsp3) is 0.632. The highest BCUT2D eigenvalue weighted by Gasteiger charge is 2.30. The van der Waals surface area contributed by atoms with E-state index in [-0.39, 0.29) is 6.09 Å². The zero-order chi connectivity index (χ0) is 17.7. The molecule has 1 heterocycles. The van der Waals surface area contributed by atoms with Gasteiger partial charge in [0.2, 0.25) is 0 Å². The Kier molecular flexibility index (Phi) is 6.58. The lowest BCUT2D eigenvalue weighted by atomic mass is 10.1. The quantitative estimate of drug-likeness (QED) is 0.834. The Bertz CT molecular complexity index is 569. The van der Waals surface area contributed by atoms with Crippen LogP contribution in [0.3, 0.4) is 0 Å². The summed E-state index contributed by atoms with van der Waals surface area (Å²) in [5, 5.41) is 3.57. The van der Waals surface area contributed by atoms with Crippen molar-refractivity contribution in [3.05, 3.63) is 29.3 Å². The fourth-order valence-electron chi connectivity index (χ4n) is 2.82. The highest BCUT2D eigenvalue weighted by atomic mass is 32.2. The second-order valence-corrected chi connectivity index (χ2v) is 8.57. The van der Waals surface area contributed by atoms with Crippen molar-refractivity contribution in [3.63, 3.8) is 0 Å². The van der Waals surface area contributed by atoms with E-state index in [0.717, 1.165) is 30.2 Å². The number of carbonyl (C=O) groups excluding carboxylic acids is 1. The predicted molar refractivity (Wildman–Crippen MR) is 103 cm³/mol. The molecule has 0 radical (unpaired) electrons. The molecular weight excluding hydrogens is 320 g/mol. The Labute approximate surface area is 150 Å². The molecule has 1 N–H and O–H groups in total. The van der Waals surface area contributed by atoms with Gasteiger partial charge in [0.1, 0.15) is 5.60 Å². The largest absolute Gasteiger partial charge is 0.443 e. The molecule has 134 valence electrons. The van der Waals surface area contributed by atoms with Crippen molar-refractivity contribution >= 4 is 23.5 Å². The molecule has 0 aromatic heterocycles. The molecule has 1 atom stereocenters. The van der Waals surface area contributed by atoms with Crippen LogP contribution in [0.25, 0.3) is 0 Å². The van der Waals surface area contributed by atoms with Gasteiger partial charge in [-0.15, -0.1) is 0 Å². The van der Waals surface area contributed by atoms with Gasteiger partial charge in [0, 0.05) is 24.9 Å². The lowest BCUT2D eigenvalue weighted by molar-refractivity contribution is 0.0583. The molecule has 0 aliphatic carbocycles. The van der Waals surface area contributed by atoms with Gasteiger partial charge in [-0.3, -0.25) is 4.90 Å². The van der Waals surface area contributed by atoms with E-state index in [1.165, 1.54) is 11.1 Å². The molecule has 1 aliphatic heterocycles. The van der Waals surface area contributed by atoms with Crippen molar-refractivity contribution < 1.29 is 9.53 Å². The number of nitrogens with one attached hydrogen (secondary N) is 1. The summed E-state index contributed by atoms with van der Waals surface area (Å²) in [4.78, 5) is 14.3. The maximum absolute atomic E-state index is 12.5. The number of fused-ring (bicyclic) bond motifs is 1. The number of nitrogens with zero attached hydrogens (tertiary/aromatic N) is 1. The summed E-state index contributed by atoms with van der Waals surface area (Å²) >= 11 is 1.94. The van der Waals surface area contributed by atoms with E-state index in [9.17, 15) is 4.79 Å². The topological polar surface area (TPSA) is 41.6 Å². The average molecular weight is 351 g/mol. The molecule has 0 bridgehead atoms. The number of amides is 1. The zero-order valence-corrected chi connectivity index (χ0v) is 16.3. The predicted octanol–water partition coefficient (Wildman–Crippen LogP) is 4.22. The number of hydrogen-bond acceptors (Lipinski definition) is 4. The first-order valence-electron chi connectivity index (χ1n) is 8.74. The van der Waals surface area contributed by atoms with Gasteiger partial charge in [0.15, 0.2) is 0 Å². The number of carbonyl (C=O) groups is 1. The molecule has 1 aromatic rings. The van der Waals surface area contributed by atoms with Crippen LogP contribution in [0, 0.1) is 0 Å². The minimum Gasteiger partial charge on any atom is -0.443 e. The summed E-state index contributed by atoms with van der Waals surface area (Å²) in [6.45, 7) is 11.6. The van der Waals surface area contributed by atoms with Crippen LogP contribution in [0.5, 0.6) is 0 Å². The van der Waals surface area contributed by atoms with Gasteiger partial charge in [0.25, 0.3) is 0 Å². The van der Waals surface area contributed by atoms with Crippen LogP contribution in [0.15, 0.2) is 18.2 Å². The monoisotopic (exact) mass is 350 g/mol. The van der Waals surface area contributed by atoms with E-state index in [1.54, 1.807) is 4.90 Å². The number of thioether (sulfide) groups is 1. The molecule has 2 rings (SSSR count). The number of anilines is 1. The molecule has 0 saturated heterocycles. The zero-order valence-electron chi connectivity index (χ0n) is 15.5. The Balaban J connectivity index is 2.10. The van der Waals surface area contributed by atoms with Crippen molar-refractivity contribution in [3.8, 4) is 0 Å². The van der Waals surface area contributed by atoms with Crippen molar-refractivity contribution in [2.75, 3.05) is 23.0 Å². The van der Waals surface area contributed by atoms with Crippen LogP contribution in [0.2, 0.25) is 0 Å². The van der Waals surface area contributed by atoms with Crippen molar-refractivity contribution in [1.82, 2.24) is 5.32 Å². The van der Waals surface area contributed by atoms with Crippen LogP contribution in [-0.4, -0.2) is 35.8 Å². The summed E-state index contributed by atoms with van der Waals surface area (Å²) < 4.78 is 5.58. The summed E-state index contributed by atoms with van der Waals surface area (Å²) in [6, 6.07) is 6.75. The third kappa shape index (κ3) is 5.15. The minimum atomic E-state index is -0.473. The van der Waals surface area contributed by atoms with Gasteiger partial charge in [-0.1, -0.05) is 25.1 Å². The van der Waals surface area contributed by atoms with Gasteiger partial charge in [0.05, 0.1) is 5.69 Å². The minimum absolute atomic E-state index is 0.247. The molecule has 1 amide bonds. The second-order valence-electron chi connectivity index (χ2n) is 7.25. The first-order chi connectivity index (χ1) is 11.3. The Morgan fingerprint density at radius 2 is 2.17 bits per heavy atom. The summed E-state index contributed by atoms with van der Waals surface area (Å²) in [6.07, 6.45) is 0.646. The molecule has 1 aliphatic rings. The third-order valence-corrected chi connectivity index (χ3v) is 5.05. The van der Waals surface area contributed by atoms with E-state index >= 15 is 0 Å². The molecule has 5 heteroatoms. The van der Waals surface area contributed by atoms with Crippen LogP contribution in [0.4, 0.5) is 10.5 Å². The second kappa shape index (κ2) is 8.26.